The second-order valence-electron chi connectivity index (χ2n) is 12.7. The summed E-state index contributed by atoms with van der Waals surface area (Å²) in [7, 11) is -10.4. The minimum atomic E-state index is -4.96. The van der Waals surface area contributed by atoms with Gasteiger partial charge in [-0.25, -0.2) is 0 Å². The number of rotatable bonds is 14. The van der Waals surface area contributed by atoms with E-state index < -0.39 is 56.5 Å². The van der Waals surface area contributed by atoms with Crippen LogP contribution in [0.1, 0.15) is 11.1 Å². The number of aromatic hydroxyl groups is 1. The number of nitrogens with two attached hydrogens (primary N) is 1. The molecule has 0 aliphatic rings. The van der Waals surface area contributed by atoms with E-state index in [9.17, 15) is 44.0 Å². The third-order valence-electron chi connectivity index (χ3n) is 8.75. The Hall–Kier alpha value is -6.95. The van der Waals surface area contributed by atoms with Crippen molar-refractivity contribution in [1.29, 1.82) is 0 Å². The van der Waals surface area contributed by atoms with Crippen LogP contribution in [0.15, 0.2) is 132 Å². The Morgan fingerprint density at radius 3 is 1.67 bits per heavy atom. The Bertz CT molecular complexity index is 3120. The monoisotopic (exact) mass is 890 g/mol. The Kier molecular flexibility index (Phi) is 12.4. The number of methoxy groups -OCH3 is 3. The Balaban J connectivity index is 1.32. The maximum Gasteiger partial charge on any atom is 0.296 e. The maximum absolute atomic E-state index is 12.6. The molecule has 6 aromatic carbocycles. The molecule has 0 aliphatic carbocycles. The maximum atomic E-state index is 12.6. The van der Waals surface area contributed by atoms with Gasteiger partial charge in [0.15, 0.2) is 5.75 Å². The van der Waals surface area contributed by atoms with Gasteiger partial charge in [-0.1, -0.05) is 24.3 Å². The number of ether oxygens (including phenoxy) is 3. The first-order valence-corrected chi connectivity index (χ1v) is 21.6. The summed E-state index contributed by atoms with van der Waals surface area (Å²) < 4.78 is 119. The molecule has 0 saturated heterocycles. The lowest BCUT2D eigenvalue weighted by atomic mass is 10.1. The first-order valence-electron chi connectivity index (χ1n) is 17.2. The highest BCUT2D eigenvalue weighted by Gasteiger charge is 2.23. The summed E-state index contributed by atoms with van der Waals surface area (Å²) in [5.41, 5.74) is 6.20. The van der Waals surface area contributed by atoms with E-state index in [0.29, 0.717) is 17.1 Å². The summed E-state index contributed by atoms with van der Waals surface area (Å²) in [6.45, 7) is 0. The van der Waals surface area contributed by atoms with E-state index >= 15 is 0 Å². The Morgan fingerprint density at radius 1 is 0.574 bits per heavy atom. The summed E-state index contributed by atoms with van der Waals surface area (Å²) in [4.78, 5) is -1.88. The van der Waals surface area contributed by atoms with Crippen LogP contribution in [0.5, 0.6) is 23.0 Å². The zero-order chi connectivity index (χ0) is 44.3. The van der Waals surface area contributed by atoms with Crippen molar-refractivity contribution in [1.82, 2.24) is 0 Å². The summed E-state index contributed by atoms with van der Waals surface area (Å²) >= 11 is 0. The number of nitrogens with one attached hydrogen (secondary N) is 1. The first kappa shape index (κ1) is 43.6. The fraction of sp³-hybridized carbons (Fsp3) is 0.0769. The van der Waals surface area contributed by atoms with Crippen molar-refractivity contribution in [3.8, 4) is 23.0 Å². The topological polar surface area (TPSA) is 299 Å². The van der Waals surface area contributed by atoms with Crippen molar-refractivity contribution in [3.05, 3.63) is 108 Å². The molecule has 0 fully saturated rings. The van der Waals surface area contributed by atoms with Crippen molar-refractivity contribution in [2.24, 2.45) is 20.5 Å². The molecule has 19 nitrogen and oxygen atoms in total. The summed E-state index contributed by atoms with van der Waals surface area (Å²) in [6, 6.07) is 22.8. The molecule has 0 aromatic heterocycles. The van der Waals surface area contributed by atoms with Gasteiger partial charge in [-0.05, 0) is 89.3 Å². The second-order valence-corrected chi connectivity index (χ2v) is 16.9. The number of hydrogen-bond donors (Lipinski definition) is 6. The molecule has 316 valence electrons. The molecule has 22 heteroatoms. The zero-order valence-corrected chi connectivity index (χ0v) is 34.4. The average molecular weight is 891 g/mol. The molecule has 0 bridgehead atoms. The second kappa shape index (κ2) is 17.3. The number of nitrogen functional groups attached to an aromatic ring is 1. The van der Waals surface area contributed by atoms with Gasteiger partial charge >= 0.3 is 0 Å². The summed E-state index contributed by atoms with van der Waals surface area (Å²) in [5.74, 6) is 0.0867. The number of hydrogen-bond acceptors (Lipinski definition) is 16. The number of fused-ring (bicyclic) bond motifs is 1. The van der Waals surface area contributed by atoms with Gasteiger partial charge in [0.25, 0.3) is 30.4 Å². The quantitative estimate of drug-likeness (QED) is 0.0258. The fourth-order valence-electron chi connectivity index (χ4n) is 5.84. The van der Waals surface area contributed by atoms with E-state index in [1.165, 1.54) is 68.8 Å². The fourth-order valence-corrected chi connectivity index (χ4v) is 7.92. The van der Waals surface area contributed by atoms with E-state index in [1.54, 1.807) is 43.5 Å². The molecule has 0 saturated carbocycles. The van der Waals surface area contributed by atoms with Crippen molar-refractivity contribution in [3.63, 3.8) is 0 Å². The van der Waals surface area contributed by atoms with Crippen LogP contribution in [0.25, 0.3) is 22.9 Å². The predicted octanol–water partition coefficient (Wildman–Crippen LogP) is 8.64. The van der Waals surface area contributed by atoms with Crippen LogP contribution >= 0.6 is 0 Å². The molecule has 6 aromatic rings. The third-order valence-corrected chi connectivity index (χ3v) is 11.4. The molecule has 0 aliphatic heterocycles. The van der Waals surface area contributed by atoms with Crippen LogP contribution in [0, 0.1) is 0 Å². The summed E-state index contributed by atoms with van der Waals surface area (Å²) in [5, 5.41) is 31.1. The molecule has 0 unspecified atom stereocenters. The van der Waals surface area contributed by atoms with E-state index in [0.717, 1.165) is 18.2 Å². The summed E-state index contributed by atoms with van der Waals surface area (Å²) in [6.07, 6.45) is 2.40. The number of benzene rings is 6. The van der Waals surface area contributed by atoms with Gasteiger partial charge < -0.3 is 30.4 Å². The Labute approximate surface area is 348 Å². The molecule has 0 heterocycles. The van der Waals surface area contributed by atoms with E-state index in [1.807, 2.05) is 0 Å². The van der Waals surface area contributed by atoms with Crippen LogP contribution < -0.4 is 25.3 Å². The number of anilines is 3. The lowest BCUT2D eigenvalue weighted by molar-refractivity contribution is 0.405. The average Bonchev–Trinajstić information content (AvgIpc) is 3.21. The highest BCUT2D eigenvalue weighted by molar-refractivity contribution is 7.86. The van der Waals surface area contributed by atoms with Gasteiger partial charge in [-0.15, -0.1) is 15.3 Å². The van der Waals surface area contributed by atoms with Gasteiger partial charge in [-0.3, -0.25) is 13.7 Å². The van der Waals surface area contributed by atoms with Crippen LogP contribution in [-0.4, -0.2) is 65.3 Å². The molecule has 0 atom stereocenters. The highest BCUT2D eigenvalue weighted by Crippen LogP contribution is 2.45. The minimum Gasteiger partial charge on any atom is -0.505 e. The van der Waals surface area contributed by atoms with Crippen LogP contribution in [-0.2, 0) is 30.4 Å². The molecule has 7 N–H and O–H groups in total. The number of nitrogens with zero attached hydrogens (tertiary/aromatic N) is 4. The minimum absolute atomic E-state index is 0.00692. The number of phenolic OH excluding ortho intramolecular Hbond substituents is 1. The lowest BCUT2D eigenvalue weighted by Gasteiger charge is -2.12. The lowest BCUT2D eigenvalue weighted by Crippen LogP contribution is -2.02. The molecule has 6 rings (SSSR count). The predicted molar refractivity (Wildman–Crippen MR) is 225 cm³/mol. The molecule has 61 heavy (non-hydrogen) atoms. The highest BCUT2D eigenvalue weighted by atomic mass is 32.2. The van der Waals surface area contributed by atoms with E-state index in [4.69, 9.17) is 19.9 Å². The zero-order valence-electron chi connectivity index (χ0n) is 31.9. The van der Waals surface area contributed by atoms with Crippen molar-refractivity contribution in [2.45, 2.75) is 14.7 Å². The normalized spacial score (nSPS) is 12.4. The van der Waals surface area contributed by atoms with Gasteiger partial charge in [0.2, 0.25) is 0 Å². The third kappa shape index (κ3) is 10.1. The largest absolute Gasteiger partial charge is 0.505 e. The van der Waals surface area contributed by atoms with Crippen molar-refractivity contribution < 1.29 is 58.2 Å². The van der Waals surface area contributed by atoms with E-state index in [-0.39, 0.29) is 56.1 Å². The number of phenols is 1. The molecule has 0 amide bonds. The molecular formula is C39H34N6O13S3. The standard InChI is InChI=1S/C39H34N6O13S3/c1-56-29-13-10-26(11-14-29)41-27-12-15-30-24(16-27)17-37(61(53,54)55)38(39(30)46)45-44-32-21-33(57-2)31(20-34(32)58-3)43-42-28-9-7-23(36(19-28)60(50,51)52)5-4-22-6-8-25(40)18-35(22)59(47,48)49/h4-21,41,46H,40H2,1-3H3,(H,47,48,49)(H,50,51,52)(H,53,54,55)/b5-4-,43-42?,45-44?. The molecular weight excluding hydrogens is 857 g/mol. The van der Waals surface area contributed by atoms with Crippen LogP contribution in [0.3, 0.4) is 0 Å². The Morgan fingerprint density at radius 2 is 1.11 bits per heavy atom. The van der Waals surface area contributed by atoms with Crippen LogP contribution in [0.2, 0.25) is 0 Å². The van der Waals surface area contributed by atoms with Gasteiger partial charge in [0.05, 0.1) is 27.0 Å². The van der Waals surface area contributed by atoms with Crippen molar-refractivity contribution in [2.75, 3.05) is 32.4 Å². The smallest absolute Gasteiger partial charge is 0.296 e. The van der Waals surface area contributed by atoms with Gasteiger partial charge in [0, 0.05) is 34.6 Å². The number of azo groups is 2. The molecule has 0 radical (unpaired) electrons. The molecule has 0 spiro atoms. The van der Waals surface area contributed by atoms with Gasteiger partial charge in [0.1, 0.15) is 49.0 Å². The van der Waals surface area contributed by atoms with Crippen molar-refractivity contribution >= 4 is 93.1 Å². The van der Waals surface area contributed by atoms with Crippen LogP contribution in [0.4, 0.5) is 39.8 Å². The SMILES string of the molecule is COc1ccc(Nc2ccc3c(O)c(N=Nc4cc(OC)c(N=Nc5ccc(/C=C\c6ccc(N)cc6S(=O)(=O)O)c(S(=O)(=O)O)c5)cc4OC)c(S(=O)(=O)O)cc3c2)cc1. The first-order chi connectivity index (χ1) is 28.8. The van der Waals surface area contributed by atoms with E-state index in [2.05, 4.69) is 25.8 Å². The van der Waals surface area contributed by atoms with Gasteiger partial charge in [-0.2, -0.15) is 30.4 Å².